The van der Waals surface area contributed by atoms with Gasteiger partial charge in [-0.15, -0.1) is 0 Å². The van der Waals surface area contributed by atoms with Crippen LogP contribution < -0.4 is 5.32 Å². The highest BCUT2D eigenvalue weighted by atomic mass is 16.5. The Morgan fingerprint density at radius 1 is 0.850 bits per heavy atom. The molecule has 0 spiro atoms. The average molecular weight is 541 g/mol. The Labute approximate surface area is 235 Å². The molecule has 0 atom stereocenters. The Morgan fingerprint density at radius 3 is 2.08 bits per heavy atom. The molecule has 3 aromatic carbocycles. The highest BCUT2D eigenvalue weighted by molar-refractivity contribution is 5.84. The maximum Gasteiger partial charge on any atom is 0.407 e. The molecule has 2 aliphatic rings. The number of nitrogens with zero attached hydrogens (tertiary/aromatic N) is 1. The lowest BCUT2D eigenvalue weighted by molar-refractivity contribution is -0.146. The number of alkyl carbamates (subject to hydrolysis) is 1. The van der Waals surface area contributed by atoms with Crippen molar-refractivity contribution in [1.82, 2.24) is 10.2 Å². The Kier molecular flexibility index (Phi) is 8.48. The summed E-state index contributed by atoms with van der Waals surface area (Å²) in [5, 5.41) is 12.2. The smallest absolute Gasteiger partial charge is 0.407 e. The first-order valence-corrected chi connectivity index (χ1v) is 14.1. The molecular weight excluding hydrogens is 504 g/mol. The predicted octanol–water partition coefficient (Wildman–Crippen LogP) is 5.98. The normalized spacial score (nSPS) is 15.5. The third-order valence-electron chi connectivity index (χ3n) is 8.28. The summed E-state index contributed by atoms with van der Waals surface area (Å²) in [6.45, 7) is 0.829. The number of hydrogen-bond donors (Lipinski definition) is 2. The predicted molar refractivity (Wildman–Crippen MR) is 153 cm³/mol. The lowest BCUT2D eigenvalue weighted by Crippen LogP contribution is -2.51. The van der Waals surface area contributed by atoms with Gasteiger partial charge in [-0.25, -0.2) is 4.79 Å². The van der Waals surface area contributed by atoms with Crippen LogP contribution >= 0.6 is 0 Å². The summed E-state index contributed by atoms with van der Waals surface area (Å²) in [5.74, 6) is -1.09. The van der Waals surface area contributed by atoms with Crippen molar-refractivity contribution in [1.29, 1.82) is 0 Å². The van der Waals surface area contributed by atoms with E-state index in [4.69, 9.17) is 4.74 Å². The van der Waals surface area contributed by atoms with E-state index in [0.717, 1.165) is 36.0 Å². The SMILES string of the molecule is O=C(O)CCN(Cc1ccccc1)C(=O)C1(CNC(=O)OCC2c3ccccc3-c3ccccc32)CCCCC1. The van der Waals surface area contributed by atoms with Gasteiger partial charge in [-0.2, -0.15) is 0 Å². The molecule has 5 rings (SSSR count). The topological polar surface area (TPSA) is 95.9 Å². The zero-order chi connectivity index (χ0) is 28.0. The number of ether oxygens (including phenoxy) is 1. The molecule has 2 amide bonds. The van der Waals surface area contributed by atoms with Crippen LogP contribution in [-0.2, 0) is 20.9 Å². The number of aliphatic carboxylic acids is 1. The van der Waals surface area contributed by atoms with Crippen LogP contribution in [0.5, 0.6) is 0 Å². The number of carboxylic acid groups (broad SMARTS) is 1. The van der Waals surface area contributed by atoms with Crippen molar-refractivity contribution in [2.45, 2.75) is 51.0 Å². The largest absolute Gasteiger partial charge is 0.481 e. The molecule has 0 aliphatic heterocycles. The number of nitrogens with one attached hydrogen (secondary N) is 1. The highest BCUT2D eigenvalue weighted by Gasteiger charge is 2.42. The van der Waals surface area contributed by atoms with Crippen molar-refractivity contribution >= 4 is 18.0 Å². The number of rotatable bonds is 10. The number of fused-ring (bicyclic) bond motifs is 3. The van der Waals surface area contributed by atoms with Crippen LogP contribution in [0.3, 0.4) is 0 Å². The summed E-state index contributed by atoms with van der Waals surface area (Å²) in [6.07, 6.45) is 3.43. The summed E-state index contributed by atoms with van der Waals surface area (Å²) < 4.78 is 5.74. The molecule has 0 saturated heterocycles. The Balaban J connectivity index is 1.26. The van der Waals surface area contributed by atoms with Crippen LogP contribution in [0.4, 0.5) is 4.79 Å². The van der Waals surface area contributed by atoms with Crippen molar-refractivity contribution in [3.8, 4) is 11.1 Å². The first kappa shape index (κ1) is 27.4. The number of hydrogen-bond acceptors (Lipinski definition) is 4. The van der Waals surface area contributed by atoms with E-state index in [1.165, 1.54) is 11.1 Å². The van der Waals surface area contributed by atoms with E-state index in [1.54, 1.807) is 4.90 Å². The molecule has 2 aliphatic carbocycles. The fourth-order valence-corrected chi connectivity index (χ4v) is 6.21. The summed E-state index contributed by atoms with van der Waals surface area (Å²) in [4.78, 5) is 40.0. The minimum Gasteiger partial charge on any atom is -0.481 e. The van der Waals surface area contributed by atoms with E-state index in [0.29, 0.717) is 19.4 Å². The summed E-state index contributed by atoms with van der Waals surface area (Å²) in [5.41, 5.74) is 4.78. The Hall–Kier alpha value is -4.13. The zero-order valence-electron chi connectivity index (χ0n) is 22.7. The first-order chi connectivity index (χ1) is 19.5. The van der Waals surface area contributed by atoms with E-state index in [1.807, 2.05) is 54.6 Å². The van der Waals surface area contributed by atoms with Crippen molar-refractivity contribution in [3.05, 3.63) is 95.6 Å². The third kappa shape index (κ3) is 6.03. The van der Waals surface area contributed by atoms with Crippen molar-refractivity contribution < 1.29 is 24.2 Å². The Bertz CT molecular complexity index is 1300. The molecule has 1 fully saturated rings. The number of amides is 2. The second-order valence-electron chi connectivity index (χ2n) is 10.9. The molecule has 0 radical (unpaired) electrons. The quantitative estimate of drug-likeness (QED) is 0.330. The molecule has 7 nitrogen and oxygen atoms in total. The van der Waals surface area contributed by atoms with Crippen molar-refractivity contribution in [2.24, 2.45) is 5.41 Å². The number of carbonyl (C=O) groups is 3. The van der Waals surface area contributed by atoms with Gasteiger partial charge in [-0.1, -0.05) is 98.1 Å². The number of carbonyl (C=O) groups excluding carboxylic acids is 2. The maximum atomic E-state index is 14.0. The van der Waals surface area contributed by atoms with Gasteiger partial charge in [0.05, 0.1) is 11.8 Å². The fraction of sp³-hybridized carbons (Fsp3) is 0.364. The lowest BCUT2D eigenvalue weighted by Gasteiger charge is -2.40. The van der Waals surface area contributed by atoms with Gasteiger partial charge in [0, 0.05) is 25.6 Å². The number of carboxylic acids is 1. The number of benzene rings is 3. The standard InChI is InChI=1S/C33H36N2O5/c36-30(37)17-20-35(21-24-11-3-1-4-12-24)31(38)33(18-9-2-10-19-33)23-34-32(39)40-22-29-27-15-7-5-13-25(27)26-14-6-8-16-28(26)29/h1,3-8,11-16,29H,2,9-10,17-23H2,(H,34,39)(H,36,37). The van der Waals surface area contributed by atoms with Gasteiger partial charge in [0.2, 0.25) is 5.91 Å². The minimum absolute atomic E-state index is 0.0409. The van der Waals surface area contributed by atoms with E-state index in [9.17, 15) is 19.5 Å². The molecular formula is C33H36N2O5. The van der Waals surface area contributed by atoms with Crippen LogP contribution in [-0.4, -0.2) is 47.7 Å². The lowest BCUT2D eigenvalue weighted by atomic mass is 9.72. The first-order valence-electron chi connectivity index (χ1n) is 14.1. The molecule has 0 heterocycles. The zero-order valence-corrected chi connectivity index (χ0v) is 22.7. The van der Waals surface area contributed by atoms with Crippen LogP contribution in [0.1, 0.15) is 61.1 Å². The Morgan fingerprint density at radius 2 is 1.45 bits per heavy atom. The highest BCUT2D eigenvalue weighted by Crippen LogP contribution is 2.44. The minimum atomic E-state index is -0.944. The van der Waals surface area contributed by atoms with Gasteiger partial charge in [0.25, 0.3) is 0 Å². The molecule has 0 unspecified atom stereocenters. The molecule has 0 aromatic heterocycles. The molecule has 3 aromatic rings. The molecule has 208 valence electrons. The molecule has 0 bridgehead atoms. The fourth-order valence-electron chi connectivity index (χ4n) is 6.21. The summed E-state index contributed by atoms with van der Waals surface area (Å²) in [6, 6.07) is 26.0. The van der Waals surface area contributed by atoms with E-state index in [2.05, 4.69) is 29.6 Å². The molecule has 7 heteroatoms. The van der Waals surface area contributed by atoms with Crippen LogP contribution in [0, 0.1) is 5.41 Å². The molecule has 2 N–H and O–H groups in total. The van der Waals surface area contributed by atoms with Gasteiger partial charge in [0.1, 0.15) is 6.61 Å². The van der Waals surface area contributed by atoms with E-state index in [-0.39, 0.29) is 37.9 Å². The van der Waals surface area contributed by atoms with Crippen molar-refractivity contribution in [2.75, 3.05) is 19.7 Å². The van der Waals surface area contributed by atoms with Crippen LogP contribution in [0.15, 0.2) is 78.9 Å². The second kappa shape index (κ2) is 12.4. The average Bonchev–Trinajstić information content (AvgIpc) is 3.31. The molecule has 1 saturated carbocycles. The van der Waals surface area contributed by atoms with Crippen LogP contribution in [0.25, 0.3) is 11.1 Å². The van der Waals surface area contributed by atoms with Gasteiger partial charge in [-0.3, -0.25) is 9.59 Å². The third-order valence-corrected chi connectivity index (χ3v) is 8.28. The van der Waals surface area contributed by atoms with Gasteiger partial charge >= 0.3 is 12.1 Å². The maximum absolute atomic E-state index is 14.0. The van der Waals surface area contributed by atoms with E-state index < -0.39 is 17.5 Å². The van der Waals surface area contributed by atoms with Gasteiger partial charge in [-0.05, 0) is 40.7 Å². The van der Waals surface area contributed by atoms with E-state index >= 15 is 0 Å². The van der Waals surface area contributed by atoms with Crippen LogP contribution in [0.2, 0.25) is 0 Å². The van der Waals surface area contributed by atoms with Crippen molar-refractivity contribution in [3.63, 3.8) is 0 Å². The van der Waals surface area contributed by atoms with Gasteiger partial charge < -0.3 is 20.1 Å². The summed E-state index contributed by atoms with van der Waals surface area (Å²) in [7, 11) is 0. The van der Waals surface area contributed by atoms with Gasteiger partial charge in [0.15, 0.2) is 0 Å². The summed E-state index contributed by atoms with van der Waals surface area (Å²) >= 11 is 0. The monoisotopic (exact) mass is 540 g/mol. The molecule has 40 heavy (non-hydrogen) atoms. The second-order valence-corrected chi connectivity index (χ2v) is 10.9.